The molecule has 0 amide bonds. The smallest absolute Gasteiger partial charge is 0.243 e. The van der Waals surface area contributed by atoms with E-state index in [4.69, 9.17) is 9.84 Å². The lowest BCUT2D eigenvalue weighted by atomic mass is 10.2. The molecule has 2 N–H and O–H groups in total. The Balaban J connectivity index is 2.65. The molecular weight excluding hydrogens is 208 g/mol. The number of aliphatic hydroxyl groups excluding tert-OH is 1. The predicted molar refractivity (Wildman–Crippen MR) is 60.3 cm³/mol. The minimum Gasteiger partial charge on any atom is -0.396 e. The van der Waals surface area contributed by atoms with Gasteiger partial charge in [0, 0.05) is 13.7 Å². The van der Waals surface area contributed by atoms with Gasteiger partial charge in [0.25, 0.3) is 0 Å². The highest BCUT2D eigenvalue weighted by atomic mass is 16.5. The molecule has 1 rings (SSSR count). The molecule has 1 aromatic rings. The standard InChI is InChI=1S/C10H18N4O2/c1-7-8(2)13-14-10(11-7)12-9(4-5-15)6-16-3/h9,15H,4-6H2,1-3H3,(H,11,12,14). The van der Waals surface area contributed by atoms with Crippen molar-refractivity contribution in [3.05, 3.63) is 11.4 Å². The Labute approximate surface area is 95.1 Å². The average Bonchev–Trinajstić information content (AvgIpc) is 2.24. The molecule has 90 valence electrons. The van der Waals surface area contributed by atoms with Gasteiger partial charge in [0.05, 0.1) is 24.0 Å². The third kappa shape index (κ3) is 3.71. The highest BCUT2D eigenvalue weighted by Crippen LogP contribution is 2.05. The Morgan fingerprint density at radius 1 is 1.31 bits per heavy atom. The number of hydrogen-bond donors (Lipinski definition) is 2. The summed E-state index contributed by atoms with van der Waals surface area (Å²) in [6.45, 7) is 4.34. The van der Waals surface area contributed by atoms with Crippen LogP contribution in [0.3, 0.4) is 0 Å². The molecule has 0 saturated carbocycles. The van der Waals surface area contributed by atoms with Crippen molar-refractivity contribution < 1.29 is 9.84 Å². The minimum absolute atomic E-state index is 0.00101. The van der Waals surface area contributed by atoms with Crippen molar-refractivity contribution >= 4 is 5.95 Å². The lowest BCUT2D eigenvalue weighted by Crippen LogP contribution is -2.27. The third-order valence-electron chi connectivity index (χ3n) is 2.27. The fraction of sp³-hybridized carbons (Fsp3) is 0.700. The summed E-state index contributed by atoms with van der Waals surface area (Å²) in [5.41, 5.74) is 1.66. The molecule has 1 unspecified atom stereocenters. The zero-order valence-corrected chi connectivity index (χ0v) is 9.90. The second-order valence-corrected chi connectivity index (χ2v) is 3.62. The van der Waals surface area contributed by atoms with Crippen LogP contribution in [0.5, 0.6) is 0 Å². The number of rotatable bonds is 6. The summed E-state index contributed by atoms with van der Waals surface area (Å²) in [5.74, 6) is 0.471. The first-order valence-corrected chi connectivity index (χ1v) is 5.21. The Morgan fingerprint density at radius 2 is 2.06 bits per heavy atom. The minimum atomic E-state index is -0.00101. The molecule has 16 heavy (non-hydrogen) atoms. The number of nitrogens with zero attached hydrogens (tertiary/aromatic N) is 3. The molecule has 0 spiro atoms. The van der Waals surface area contributed by atoms with Crippen LogP contribution in [0.1, 0.15) is 17.8 Å². The number of aliphatic hydroxyl groups is 1. The topological polar surface area (TPSA) is 80.2 Å². The molecule has 0 aliphatic rings. The molecule has 1 heterocycles. The lowest BCUT2D eigenvalue weighted by Gasteiger charge is -2.16. The van der Waals surface area contributed by atoms with E-state index in [0.29, 0.717) is 19.0 Å². The van der Waals surface area contributed by atoms with Crippen LogP contribution in [-0.4, -0.2) is 46.7 Å². The first-order chi connectivity index (χ1) is 7.67. The van der Waals surface area contributed by atoms with E-state index in [1.807, 2.05) is 13.8 Å². The van der Waals surface area contributed by atoms with Gasteiger partial charge in [0.15, 0.2) is 0 Å². The molecule has 0 bridgehead atoms. The van der Waals surface area contributed by atoms with E-state index in [9.17, 15) is 0 Å². The van der Waals surface area contributed by atoms with Crippen molar-refractivity contribution in [1.82, 2.24) is 15.2 Å². The Kier molecular flexibility index (Phi) is 5.07. The van der Waals surface area contributed by atoms with Gasteiger partial charge in [-0.1, -0.05) is 0 Å². The van der Waals surface area contributed by atoms with E-state index in [-0.39, 0.29) is 12.6 Å². The van der Waals surface area contributed by atoms with E-state index in [1.165, 1.54) is 0 Å². The first-order valence-electron chi connectivity index (χ1n) is 5.21. The molecule has 6 heteroatoms. The summed E-state index contributed by atoms with van der Waals surface area (Å²) in [6, 6.07) is -0.00101. The van der Waals surface area contributed by atoms with Crippen LogP contribution in [0, 0.1) is 13.8 Å². The molecule has 0 radical (unpaired) electrons. The zero-order valence-electron chi connectivity index (χ0n) is 9.90. The Hall–Kier alpha value is -1.27. The predicted octanol–water partition coefficient (Wildman–Crippen LogP) is 0.298. The van der Waals surface area contributed by atoms with Crippen LogP contribution in [0.4, 0.5) is 5.95 Å². The number of aromatic nitrogens is 3. The fourth-order valence-electron chi connectivity index (χ4n) is 1.25. The summed E-state index contributed by atoms with van der Waals surface area (Å²) in [4.78, 5) is 4.26. The molecular formula is C10H18N4O2. The van der Waals surface area contributed by atoms with Gasteiger partial charge in [0.1, 0.15) is 0 Å². The number of hydrogen-bond acceptors (Lipinski definition) is 6. The molecule has 6 nitrogen and oxygen atoms in total. The zero-order chi connectivity index (χ0) is 12.0. The Bertz CT molecular complexity index is 327. The van der Waals surface area contributed by atoms with Crippen LogP contribution in [0.2, 0.25) is 0 Å². The van der Waals surface area contributed by atoms with Crippen LogP contribution in [0.15, 0.2) is 0 Å². The third-order valence-corrected chi connectivity index (χ3v) is 2.27. The number of ether oxygens (including phenoxy) is 1. The second kappa shape index (κ2) is 6.34. The van der Waals surface area contributed by atoms with Crippen LogP contribution in [0.25, 0.3) is 0 Å². The van der Waals surface area contributed by atoms with Crippen LogP contribution < -0.4 is 5.32 Å². The average molecular weight is 226 g/mol. The fourth-order valence-corrected chi connectivity index (χ4v) is 1.25. The van der Waals surface area contributed by atoms with Crippen LogP contribution >= 0.6 is 0 Å². The molecule has 0 saturated heterocycles. The summed E-state index contributed by atoms with van der Waals surface area (Å²) < 4.78 is 5.03. The highest BCUT2D eigenvalue weighted by Gasteiger charge is 2.10. The van der Waals surface area contributed by atoms with E-state index >= 15 is 0 Å². The Morgan fingerprint density at radius 3 is 2.62 bits per heavy atom. The summed E-state index contributed by atoms with van der Waals surface area (Å²) in [7, 11) is 1.62. The van der Waals surface area contributed by atoms with Gasteiger partial charge in [-0.2, -0.15) is 5.10 Å². The van der Waals surface area contributed by atoms with Gasteiger partial charge in [-0.25, -0.2) is 4.98 Å². The van der Waals surface area contributed by atoms with E-state index < -0.39 is 0 Å². The lowest BCUT2D eigenvalue weighted by molar-refractivity contribution is 0.170. The number of nitrogens with one attached hydrogen (secondary N) is 1. The van der Waals surface area contributed by atoms with Crippen molar-refractivity contribution in [2.45, 2.75) is 26.3 Å². The maximum absolute atomic E-state index is 8.89. The van der Waals surface area contributed by atoms with E-state index in [2.05, 4.69) is 20.5 Å². The van der Waals surface area contributed by atoms with Gasteiger partial charge < -0.3 is 15.2 Å². The maximum Gasteiger partial charge on any atom is 0.243 e. The van der Waals surface area contributed by atoms with Gasteiger partial charge in [-0.15, -0.1) is 5.10 Å². The molecule has 0 fully saturated rings. The summed E-state index contributed by atoms with van der Waals surface area (Å²) in [5, 5.41) is 19.9. The molecule has 0 aliphatic heterocycles. The quantitative estimate of drug-likeness (QED) is 0.726. The van der Waals surface area contributed by atoms with Crippen molar-refractivity contribution in [2.24, 2.45) is 0 Å². The molecule has 1 aromatic heterocycles. The summed E-state index contributed by atoms with van der Waals surface area (Å²) in [6.07, 6.45) is 0.587. The monoisotopic (exact) mass is 226 g/mol. The van der Waals surface area contributed by atoms with E-state index in [1.54, 1.807) is 7.11 Å². The molecule has 0 aliphatic carbocycles. The normalized spacial score (nSPS) is 12.5. The molecule has 0 aromatic carbocycles. The van der Waals surface area contributed by atoms with Gasteiger partial charge in [-0.05, 0) is 20.3 Å². The van der Waals surface area contributed by atoms with Gasteiger partial charge >= 0.3 is 0 Å². The number of anilines is 1. The van der Waals surface area contributed by atoms with Crippen molar-refractivity contribution in [3.63, 3.8) is 0 Å². The summed E-state index contributed by atoms with van der Waals surface area (Å²) >= 11 is 0. The van der Waals surface area contributed by atoms with Crippen molar-refractivity contribution in [2.75, 3.05) is 25.6 Å². The van der Waals surface area contributed by atoms with Gasteiger partial charge in [-0.3, -0.25) is 0 Å². The van der Waals surface area contributed by atoms with Gasteiger partial charge in [0.2, 0.25) is 5.95 Å². The maximum atomic E-state index is 8.89. The van der Waals surface area contributed by atoms with E-state index in [0.717, 1.165) is 11.4 Å². The highest BCUT2D eigenvalue weighted by molar-refractivity contribution is 5.26. The number of aryl methyl sites for hydroxylation is 2. The van der Waals surface area contributed by atoms with Crippen molar-refractivity contribution in [3.8, 4) is 0 Å². The largest absolute Gasteiger partial charge is 0.396 e. The first kappa shape index (κ1) is 12.8. The SMILES string of the molecule is COCC(CCO)Nc1nnc(C)c(C)n1. The number of methoxy groups -OCH3 is 1. The van der Waals surface area contributed by atoms with Crippen LogP contribution in [-0.2, 0) is 4.74 Å². The van der Waals surface area contributed by atoms with Crippen molar-refractivity contribution in [1.29, 1.82) is 0 Å². The molecule has 1 atom stereocenters. The second-order valence-electron chi connectivity index (χ2n) is 3.62.